The topological polar surface area (TPSA) is 80.0 Å². The normalized spacial score (nSPS) is 16.8. The van der Waals surface area contributed by atoms with E-state index in [-0.39, 0.29) is 17.9 Å². The molecule has 1 N–H and O–H groups in total. The Morgan fingerprint density at radius 1 is 0.919 bits per heavy atom. The van der Waals surface area contributed by atoms with Gasteiger partial charge in [-0.25, -0.2) is 0 Å². The molecule has 2 heterocycles. The van der Waals surface area contributed by atoms with Gasteiger partial charge >= 0.3 is 0 Å². The van der Waals surface area contributed by atoms with Crippen LogP contribution in [0.15, 0.2) is 101 Å². The van der Waals surface area contributed by atoms with Gasteiger partial charge in [0.15, 0.2) is 0 Å². The fourth-order valence-corrected chi connectivity index (χ4v) is 4.49. The lowest BCUT2D eigenvalue weighted by molar-refractivity contribution is -0.140. The molecular weight excluding hydrogens is 466 g/mol. The molecule has 0 bridgehead atoms. The Morgan fingerprint density at radius 3 is 2.35 bits per heavy atom. The third-order valence-corrected chi connectivity index (χ3v) is 6.67. The summed E-state index contributed by atoms with van der Waals surface area (Å²) >= 11 is 0. The predicted molar refractivity (Wildman–Crippen MR) is 140 cm³/mol. The lowest BCUT2D eigenvalue weighted by atomic mass is 9.94. The van der Waals surface area contributed by atoms with Crippen LogP contribution in [0.1, 0.15) is 39.6 Å². The van der Waals surface area contributed by atoms with Crippen molar-refractivity contribution >= 4 is 17.4 Å². The van der Waals surface area contributed by atoms with E-state index in [0.717, 1.165) is 16.7 Å². The molecule has 6 nitrogen and oxygen atoms in total. The maximum atomic E-state index is 13.3. The summed E-state index contributed by atoms with van der Waals surface area (Å²) in [5.74, 6) is -0.406. The second kappa shape index (κ2) is 10.2. The van der Waals surface area contributed by atoms with E-state index in [9.17, 15) is 14.7 Å². The molecule has 1 aromatic heterocycles. The second-order valence-corrected chi connectivity index (χ2v) is 9.15. The highest BCUT2D eigenvalue weighted by molar-refractivity contribution is 6.46. The molecule has 1 saturated heterocycles. The van der Waals surface area contributed by atoms with Crippen LogP contribution in [0, 0.1) is 13.8 Å². The molecule has 1 amide bonds. The molecule has 1 unspecified atom stereocenters. The first-order valence-corrected chi connectivity index (χ1v) is 12.1. The fraction of sp³-hybridized carbons (Fsp3) is 0.161. The van der Waals surface area contributed by atoms with Gasteiger partial charge in [-0.2, -0.15) is 0 Å². The Balaban J connectivity index is 1.52. The van der Waals surface area contributed by atoms with E-state index in [1.807, 2.05) is 68.4 Å². The third kappa shape index (κ3) is 4.91. The number of nitrogens with zero attached hydrogens (tertiary/aromatic N) is 1. The SMILES string of the molecule is Cc1ccc(/C(O)=C2/C(=O)C(=O)N(Cc3ccco3)C2c2ccc(OCc3ccccc3)cc2)cc1C. The number of Topliss-reactive ketones (excluding diaryl/α,β-unsaturated/α-hetero) is 1. The minimum Gasteiger partial charge on any atom is -0.507 e. The maximum Gasteiger partial charge on any atom is 0.296 e. The van der Waals surface area contributed by atoms with Crippen molar-refractivity contribution in [2.45, 2.75) is 33.0 Å². The molecule has 0 radical (unpaired) electrons. The van der Waals surface area contributed by atoms with E-state index in [1.165, 1.54) is 11.2 Å². The second-order valence-electron chi connectivity index (χ2n) is 9.15. The highest BCUT2D eigenvalue weighted by atomic mass is 16.5. The molecular formula is C31H27NO5. The Hall–Kier alpha value is -4.58. The molecule has 0 aliphatic carbocycles. The zero-order valence-electron chi connectivity index (χ0n) is 20.7. The zero-order chi connectivity index (χ0) is 25.9. The molecule has 1 aliphatic heterocycles. The smallest absolute Gasteiger partial charge is 0.296 e. The van der Waals surface area contributed by atoms with Gasteiger partial charge in [0.1, 0.15) is 23.9 Å². The highest BCUT2D eigenvalue weighted by Gasteiger charge is 2.46. The number of benzene rings is 3. The number of carbonyl (C=O) groups excluding carboxylic acids is 2. The Morgan fingerprint density at radius 2 is 1.68 bits per heavy atom. The summed E-state index contributed by atoms with van der Waals surface area (Å²) in [5.41, 5.74) is 4.32. The number of hydrogen-bond donors (Lipinski definition) is 1. The van der Waals surface area contributed by atoms with Crippen LogP contribution in [0.4, 0.5) is 0 Å². The van der Waals surface area contributed by atoms with Crippen LogP contribution in [0.3, 0.4) is 0 Å². The van der Waals surface area contributed by atoms with Gasteiger partial charge in [-0.15, -0.1) is 0 Å². The van der Waals surface area contributed by atoms with E-state index in [0.29, 0.717) is 29.2 Å². The minimum absolute atomic E-state index is 0.0535. The summed E-state index contributed by atoms with van der Waals surface area (Å²) in [4.78, 5) is 27.9. The number of furan rings is 1. The lowest BCUT2D eigenvalue weighted by Crippen LogP contribution is -2.29. The van der Waals surface area contributed by atoms with Crippen molar-refractivity contribution < 1.29 is 23.8 Å². The highest BCUT2D eigenvalue weighted by Crippen LogP contribution is 2.41. The molecule has 37 heavy (non-hydrogen) atoms. The number of aliphatic hydroxyl groups is 1. The van der Waals surface area contributed by atoms with E-state index in [1.54, 1.807) is 30.3 Å². The third-order valence-electron chi connectivity index (χ3n) is 6.67. The van der Waals surface area contributed by atoms with Gasteiger partial charge in [-0.3, -0.25) is 9.59 Å². The summed E-state index contributed by atoms with van der Waals surface area (Å²) in [7, 11) is 0. The summed E-state index contributed by atoms with van der Waals surface area (Å²) in [6, 6.07) is 25.3. The number of aliphatic hydroxyl groups excluding tert-OH is 1. The number of rotatable bonds is 7. The summed E-state index contributed by atoms with van der Waals surface area (Å²) in [6.45, 7) is 4.43. The molecule has 5 rings (SSSR count). The molecule has 3 aromatic carbocycles. The van der Waals surface area contributed by atoms with Crippen LogP contribution < -0.4 is 4.74 Å². The fourth-order valence-electron chi connectivity index (χ4n) is 4.49. The first kappa shape index (κ1) is 24.1. The van der Waals surface area contributed by atoms with Crippen LogP contribution in [-0.2, 0) is 22.7 Å². The summed E-state index contributed by atoms with van der Waals surface area (Å²) < 4.78 is 11.4. The van der Waals surface area contributed by atoms with Crippen molar-refractivity contribution in [3.8, 4) is 5.75 Å². The monoisotopic (exact) mass is 493 g/mol. The van der Waals surface area contributed by atoms with Crippen LogP contribution in [-0.4, -0.2) is 21.7 Å². The van der Waals surface area contributed by atoms with Crippen molar-refractivity contribution in [3.05, 3.63) is 130 Å². The Kier molecular flexibility index (Phi) is 6.64. The van der Waals surface area contributed by atoms with Crippen LogP contribution in [0.2, 0.25) is 0 Å². The summed E-state index contributed by atoms with van der Waals surface area (Å²) in [5, 5.41) is 11.3. The molecule has 1 aliphatic rings. The van der Waals surface area contributed by atoms with Crippen molar-refractivity contribution in [1.29, 1.82) is 0 Å². The van der Waals surface area contributed by atoms with Gasteiger partial charge in [0, 0.05) is 5.56 Å². The van der Waals surface area contributed by atoms with Crippen molar-refractivity contribution in [1.82, 2.24) is 4.90 Å². The number of amides is 1. The van der Waals surface area contributed by atoms with Crippen LogP contribution in [0.25, 0.3) is 5.76 Å². The Bertz CT molecular complexity index is 1450. The number of ketones is 1. The number of likely N-dealkylation sites (tertiary alicyclic amines) is 1. The minimum atomic E-state index is -0.783. The van der Waals surface area contributed by atoms with Crippen LogP contribution >= 0.6 is 0 Å². The van der Waals surface area contributed by atoms with Crippen LogP contribution in [0.5, 0.6) is 5.75 Å². The van der Waals surface area contributed by atoms with Gasteiger partial charge in [0.25, 0.3) is 11.7 Å². The number of carbonyl (C=O) groups is 2. The van der Waals surface area contributed by atoms with E-state index in [4.69, 9.17) is 9.15 Å². The molecule has 0 saturated carbocycles. The average molecular weight is 494 g/mol. The van der Waals surface area contributed by atoms with Gasteiger partial charge < -0.3 is 19.2 Å². The number of aryl methyl sites for hydroxylation is 2. The quantitative estimate of drug-likeness (QED) is 0.191. The van der Waals surface area contributed by atoms with Gasteiger partial charge in [-0.1, -0.05) is 54.6 Å². The van der Waals surface area contributed by atoms with Crippen molar-refractivity contribution in [3.63, 3.8) is 0 Å². The standard InChI is InChI=1S/C31H27NO5/c1-20-10-11-24(17-21(20)2)29(33)27-28(32(31(35)30(27)34)18-26-9-6-16-36-26)23-12-14-25(15-13-23)37-19-22-7-4-3-5-8-22/h3-17,28,33H,18-19H2,1-2H3/b29-27-. The molecule has 6 heteroatoms. The zero-order valence-corrected chi connectivity index (χ0v) is 20.7. The van der Waals surface area contributed by atoms with Crippen molar-refractivity contribution in [2.24, 2.45) is 0 Å². The lowest BCUT2D eigenvalue weighted by Gasteiger charge is -2.24. The first-order valence-electron chi connectivity index (χ1n) is 12.1. The van der Waals surface area contributed by atoms with Gasteiger partial charge in [0.05, 0.1) is 24.4 Å². The van der Waals surface area contributed by atoms with Crippen molar-refractivity contribution in [2.75, 3.05) is 0 Å². The average Bonchev–Trinajstić information content (AvgIpc) is 3.52. The number of ether oxygens (including phenoxy) is 1. The molecule has 186 valence electrons. The molecule has 0 spiro atoms. The van der Waals surface area contributed by atoms with E-state index < -0.39 is 17.7 Å². The van der Waals surface area contributed by atoms with Gasteiger partial charge in [-0.05, 0) is 66.4 Å². The number of hydrogen-bond acceptors (Lipinski definition) is 5. The molecule has 1 atom stereocenters. The van der Waals surface area contributed by atoms with Gasteiger partial charge in [0.2, 0.25) is 0 Å². The maximum absolute atomic E-state index is 13.3. The van der Waals surface area contributed by atoms with E-state index in [2.05, 4.69) is 0 Å². The first-order chi connectivity index (χ1) is 17.9. The summed E-state index contributed by atoms with van der Waals surface area (Å²) in [6.07, 6.45) is 1.52. The Labute approximate surface area is 215 Å². The van der Waals surface area contributed by atoms with E-state index >= 15 is 0 Å². The molecule has 4 aromatic rings. The largest absolute Gasteiger partial charge is 0.507 e. The predicted octanol–water partition coefficient (Wildman–Crippen LogP) is 6.10. The molecule has 1 fully saturated rings.